The van der Waals surface area contributed by atoms with Crippen LogP contribution in [-0.4, -0.2) is 16.4 Å². The highest BCUT2D eigenvalue weighted by molar-refractivity contribution is 9.10. The number of rotatable bonds is 5. The molecule has 1 unspecified atom stereocenters. The lowest BCUT2D eigenvalue weighted by molar-refractivity contribution is -0.0505. The zero-order valence-electron chi connectivity index (χ0n) is 11.6. The molecule has 2 rings (SSSR count). The lowest BCUT2D eigenvalue weighted by Gasteiger charge is -2.20. The molecule has 0 saturated carbocycles. The van der Waals surface area contributed by atoms with Crippen LogP contribution in [0.1, 0.15) is 37.2 Å². The molecule has 0 amide bonds. The highest BCUT2D eigenvalue weighted by Crippen LogP contribution is 2.33. The van der Waals surface area contributed by atoms with Crippen LogP contribution in [0.3, 0.4) is 0 Å². The Morgan fingerprint density at radius 1 is 1.29 bits per heavy atom. The van der Waals surface area contributed by atoms with Crippen LogP contribution in [-0.2, 0) is 0 Å². The first-order valence-electron chi connectivity index (χ1n) is 6.44. The van der Waals surface area contributed by atoms with Crippen molar-refractivity contribution in [3.63, 3.8) is 0 Å². The zero-order chi connectivity index (χ0) is 15.6. The van der Waals surface area contributed by atoms with Crippen LogP contribution in [0.15, 0.2) is 34.9 Å². The van der Waals surface area contributed by atoms with Gasteiger partial charge in [-0.1, -0.05) is 18.2 Å². The van der Waals surface area contributed by atoms with Crippen molar-refractivity contribution in [1.29, 1.82) is 0 Å². The number of nitrogens with zero attached hydrogens (tertiary/aromatic N) is 2. The van der Waals surface area contributed by atoms with E-state index in [1.165, 1.54) is 6.07 Å². The van der Waals surface area contributed by atoms with E-state index in [1.54, 1.807) is 29.1 Å². The molecule has 0 aliphatic carbocycles. The van der Waals surface area contributed by atoms with Gasteiger partial charge in [-0.15, -0.1) is 0 Å². The Morgan fingerprint density at radius 3 is 2.57 bits per heavy atom. The van der Waals surface area contributed by atoms with Crippen molar-refractivity contribution in [3.8, 4) is 5.75 Å². The van der Waals surface area contributed by atoms with E-state index in [9.17, 15) is 8.78 Å². The van der Waals surface area contributed by atoms with Gasteiger partial charge >= 0.3 is 6.61 Å². The molecule has 0 aliphatic rings. The number of benzene rings is 1. The highest BCUT2D eigenvalue weighted by Gasteiger charge is 2.23. The second-order valence-electron chi connectivity index (χ2n) is 4.81. The van der Waals surface area contributed by atoms with E-state index < -0.39 is 12.7 Å². The first-order chi connectivity index (χ1) is 9.91. The molecule has 0 aliphatic heterocycles. The number of hydrogen-bond donors (Lipinski definition) is 1. The van der Waals surface area contributed by atoms with Gasteiger partial charge in [-0.2, -0.15) is 13.9 Å². The first kappa shape index (κ1) is 15.9. The van der Waals surface area contributed by atoms with Gasteiger partial charge in [0.15, 0.2) is 0 Å². The summed E-state index contributed by atoms with van der Waals surface area (Å²) in [7, 11) is 0. The van der Waals surface area contributed by atoms with Crippen molar-refractivity contribution in [2.75, 3.05) is 0 Å². The first-order valence-corrected chi connectivity index (χ1v) is 7.23. The lowest BCUT2D eigenvalue weighted by atomic mass is 10.0. The van der Waals surface area contributed by atoms with Gasteiger partial charge in [0.1, 0.15) is 5.75 Å². The molecule has 1 aromatic carbocycles. The molecule has 4 nitrogen and oxygen atoms in total. The van der Waals surface area contributed by atoms with Crippen LogP contribution in [0.5, 0.6) is 5.75 Å². The molecular weight excluding hydrogens is 344 g/mol. The summed E-state index contributed by atoms with van der Waals surface area (Å²) < 4.78 is 32.0. The van der Waals surface area contributed by atoms with Gasteiger partial charge in [-0.05, 0) is 35.8 Å². The van der Waals surface area contributed by atoms with Gasteiger partial charge < -0.3 is 10.5 Å². The molecule has 2 N–H and O–H groups in total. The van der Waals surface area contributed by atoms with E-state index in [0.29, 0.717) is 5.56 Å². The second kappa shape index (κ2) is 6.53. The fourth-order valence-corrected chi connectivity index (χ4v) is 2.66. The van der Waals surface area contributed by atoms with E-state index in [4.69, 9.17) is 5.73 Å². The van der Waals surface area contributed by atoms with Crippen molar-refractivity contribution >= 4 is 15.9 Å². The SMILES string of the molecule is CC(C)n1ncc(Br)c1C(N)c1ccccc1OC(F)F. The number of ether oxygens (including phenoxy) is 1. The minimum absolute atomic E-state index is 0.0726. The molecule has 7 heteroatoms. The smallest absolute Gasteiger partial charge is 0.387 e. The number of aromatic nitrogens is 2. The average molecular weight is 360 g/mol. The summed E-state index contributed by atoms with van der Waals surface area (Å²) in [6.07, 6.45) is 1.64. The van der Waals surface area contributed by atoms with Crippen LogP contribution < -0.4 is 10.5 Å². The Morgan fingerprint density at radius 2 is 1.95 bits per heavy atom. The van der Waals surface area contributed by atoms with Crippen LogP contribution in [0, 0.1) is 0 Å². The number of para-hydroxylation sites is 1. The Labute approximate surface area is 130 Å². The Kier molecular flexibility index (Phi) is 4.95. The number of halogens is 3. The van der Waals surface area contributed by atoms with Crippen LogP contribution in [0.2, 0.25) is 0 Å². The lowest BCUT2D eigenvalue weighted by Crippen LogP contribution is -2.20. The topological polar surface area (TPSA) is 53.1 Å². The van der Waals surface area contributed by atoms with Crippen molar-refractivity contribution in [2.45, 2.75) is 32.5 Å². The highest BCUT2D eigenvalue weighted by atomic mass is 79.9. The van der Waals surface area contributed by atoms with Crippen LogP contribution in [0.4, 0.5) is 8.78 Å². The molecular formula is C14H16BrF2N3O. The Bertz CT molecular complexity index is 616. The Balaban J connectivity index is 2.45. The van der Waals surface area contributed by atoms with E-state index in [-0.39, 0.29) is 11.8 Å². The summed E-state index contributed by atoms with van der Waals surface area (Å²) in [5.41, 5.74) is 7.47. The molecule has 0 spiro atoms. The van der Waals surface area contributed by atoms with Crippen molar-refractivity contribution < 1.29 is 13.5 Å². The summed E-state index contributed by atoms with van der Waals surface area (Å²) in [5.74, 6) is 0.0726. The predicted molar refractivity (Wildman–Crippen MR) is 79.4 cm³/mol. The minimum atomic E-state index is -2.89. The molecule has 114 valence electrons. The minimum Gasteiger partial charge on any atom is -0.434 e. The van der Waals surface area contributed by atoms with Crippen molar-refractivity contribution in [3.05, 3.63) is 46.2 Å². The summed E-state index contributed by atoms with van der Waals surface area (Å²) >= 11 is 3.41. The molecule has 0 bridgehead atoms. The monoisotopic (exact) mass is 359 g/mol. The third-order valence-corrected chi connectivity index (χ3v) is 3.65. The third-order valence-electron chi connectivity index (χ3n) is 3.04. The third kappa shape index (κ3) is 3.41. The fourth-order valence-electron chi connectivity index (χ4n) is 2.14. The van der Waals surface area contributed by atoms with Gasteiger partial charge in [0.2, 0.25) is 0 Å². The molecule has 2 aromatic rings. The molecule has 1 atom stereocenters. The average Bonchev–Trinajstić information content (AvgIpc) is 2.80. The van der Waals surface area contributed by atoms with E-state index >= 15 is 0 Å². The standard InChI is InChI=1S/C14H16BrF2N3O/c1-8(2)20-13(10(15)7-19-20)12(18)9-5-3-4-6-11(9)21-14(16)17/h3-8,12,14H,18H2,1-2H3. The maximum absolute atomic E-state index is 12.5. The predicted octanol–water partition coefficient (Wildman–Crippen LogP) is 3.88. The van der Waals surface area contributed by atoms with E-state index in [0.717, 1.165) is 10.2 Å². The summed E-state index contributed by atoms with van der Waals surface area (Å²) in [4.78, 5) is 0. The van der Waals surface area contributed by atoms with Gasteiger partial charge in [-0.3, -0.25) is 4.68 Å². The summed E-state index contributed by atoms with van der Waals surface area (Å²) in [5, 5.41) is 4.25. The van der Waals surface area contributed by atoms with Gasteiger partial charge in [0, 0.05) is 11.6 Å². The fraction of sp³-hybridized carbons (Fsp3) is 0.357. The quantitative estimate of drug-likeness (QED) is 0.881. The molecule has 0 radical (unpaired) electrons. The molecule has 21 heavy (non-hydrogen) atoms. The molecule has 1 heterocycles. The van der Waals surface area contributed by atoms with Crippen molar-refractivity contribution in [1.82, 2.24) is 9.78 Å². The van der Waals surface area contributed by atoms with E-state index in [1.807, 2.05) is 13.8 Å². The van der Waals surface area contributed by atoms with E-state index in [2.05, 4.69) is 25.8 Å². The summed E-state index contributed by atoms with van der Waals surface area (Å²) in [6.45, 7) is 1.05. The van der Waals surface area contributed by atoms with Gasteiger partial charge in [0.05, 0.1) is 22.4 Å². The normalized spacial score (nSPS) is 13.0. The maximum atomic E-state index is 12.5. The largest absolute Gasteiger partial charge is 0.434 e. The van der Waals surface area contributed by atoms with Crippen LogP contribution >= 0.6 is 15.9 Å². The zero-order valence-corrected chi connectivity index (χ0v) is 13.2. The van der Waals surface area contributed by atoms with Gasteiger partial charge in [-0.25, -0.2) is 0 Å². The van der Waals surface area contributed by atoms with Crippen LogP contribution in [0.25, 0.3) is 0 Å². The number of hydrogen-bond acceptors (Lipinski definition) is 3. The Hall–Kier alpha value is -1.47. The van der Waals surface area contributed by atoms with Gasteiger partial charge in [0.25, 0.3) is 0 Å². The summed E-state index contributed by atoms with van der Waals surface area (Å²) in [6, 6.07) is 5.98. The maximum Gasteiger partial charge on any atom is 0.387 e. The molecule has 1 aromatic heterocycles. The number of alkyl halides is 2. The number of nitrogens with two attached hydrogens (primary N) is 1. The second-order valence-corrected chi connectivity index (χ2v) is 5.66. The van der Waals surface area contributed by atoms with Crippen molar-refractivity contribution in [2.24, 2.45) is 5.73 Å². The molecule has 0 saturated heterocycles. The molecule has 0 fully saturated rings.